The van der Waals surface area contributed by atoms with Crippen molar-refractivity contribution in [3.8, 4) is 5.75 Å². The van der Waals surface area contributed by atoms with Gasteiger partial charge in [0.2, 0.25) is 5.91 Å². The fourth-order valence-electron chi connectivity index (χ4n) is 3.09. The summed E-state index contributed by atoms with van der Waals surface area (Å²) in [7, 11) is 1.62. The van der Waals surface area contributed by atoms with Crippen LogP contribution in [0.3, 0.4) is 0 Å². The summed E-state index contributed by atoms with van der Waals surface area (Å²) in [6.45, 7) is 3.52. The Bertz CT molecular complexity index is 780. The minimum Gasteiger partial charge on any atom is -0.497 e. The van der Waals surface area contributed by atoms with E-state index in [4.69, 9.17) is 4.74 Å². The van der Waals surface area contributed by atoms with Crippen molar-refractivity contribution in [1.29, 1.82) is 0 Å². The molecule has 1 fully saturated rings. The van der Waals surface area contributed by atoms with Gasteiger partial charge in [0.1, 0.15) is 12.3 Å². The fraction of sp³-hybridized carbons (Fsp3) is 0.350. The zero-order valence-corrected chi connectivity index (χ0v) is 15.6. The second-order valence-electron chi connectivity index (χ2n) is 6.45. The van der Waals surface area contributed by atoms with Crippen LogP contribution >= 0.6 is 0 Å². The van der Waals surface area contributed by atoms with E-state index < -0.39 is 0 Å². The average molecular weight is 368 g/mol. The fourth-order valence-corrected chi connectivity index (χ4v) is 3.09. The molecule has 1 unspecified atom stereocenters. The molecule has 0 aliphatic carbocycles. The largest absolute Gasteiger partial charge is 0.497 e. The van der Waals surface area contributed by atoms with Crippen LogP contribution < -0.4 is 10.1 Å². The number of pyridine rings is 1. The van der Waals surface area contributed by atoms with E-state index in [-0.39, 0.29) is 24.5 Å². The van der Waals surface area contributed by atoms with Crippen molar-refractivity contribution in [2.75, 3.05) is 26.7 Å². The molecule has 0 bridgehead atoms. The molecular formula is C20H24N4O3. The number of aromatic nitrogens is 1. The third-order valence-electron chi connectivity index (χ3n) is 4.72. The molecule has 1 atom stereocenters. The van der Waals surface area contributed by atoms with Crippen molar-refractivity contribution < 1.29 is 14.3 Å². The molecule has 1 aromatic carbocycles. The number of carbonyl (C=O) groups is 2. The van der Waals surface area contributed by atoms with Crippen LogP contribution in [-0.2, 0) is 11.3 Å². The van der Waals surface area contributed by atoms with Crippen molar-refractivity contribution in [1.82, 2.24) is 20.1 Å². The highest BCUT2D eigenvalue weighted by molar-refractivity contribution is 5.85. The molecule has 1 aliphatic heterocycles. The number of carbonyl (C=O) groups excluding carboxylic acids is 2. The van der Waals surface area contributed by atoms with Gasteiger partial charge in [-0.05, 0) is 36.8 Å². The molecule has 0 saturated carbocycles. The van der Waals surface area contributed by atoms with Crippen LogP contribution in [0.25, 0.3) is 0 Å². The van der Waals surface area contributed by atoms with Gasteiger partial charge in [-0.1, -0.05) is 18.2 Å². The Morgan fingerprint density at radius 2 is 2.07 bits per heavy atom. The van der Waals surface area contributed by atoms with Gasteiger partial charge in [0.15, 0.2) is 0 Å². The molecule has 2 aromatic rings. The lowest BCUT2D eigenvalue weighted by Crippen LogP contribution is -2.42. The van der Waals surface area contributed by atoms with E-state index in [1.165, 1.54) is 4.90 Å². The van der Waals surface area contributed by atoms with Crippen molar-refractivity contribution in [3.05, 3.63) is 59.9 Å². The Morgan fingerprint density at radius 3 is 2.67 bits per heavy atom. The van der Waals surface area contributed by atoms with Crippen LogP contribution in [0.1, 0.15) is 24.2 Å². The predicted molar refractivity (Wildman–Crippen MR) is 101 cm³/mol. The van der Waals surface area contributed by atoms with Crippen LogP contribution in [0.15, 0.2) is 48.7 Å². The Morgan fingerprint density at radius 1 is 1.30 bits per heavy atom. The summed E-state index contributed by atoms with van der Waals surface area (Å²) < 4.78 is 5.21. The van der Waals surface area contributed by atoms with Gasteiger partial charge in [-0.3, -0.25) is 9.78 Å². The number of methoxy groups -OCH3 is 1. The first-order valence-corrected chi connectivity index (χ1v) is 8.94. The van der Waals surface area contributed by atoms with Crippen LogP contribution in [0.4, 0.5) is 4.79 Å². The van der Waals surface area contributed by atoms with E-state index in [0.717, 1.165) is 17.0 Å². The first kappa shape index (κ1) is 18.7. The van der Waals surface area contributed by atoms with Crippen LogP contribution in [-0.4, -0.2) is 53.5 Å². The highest BCUT2D eigenvalue weighted by atomic mass is 16.5. The van der Waals surface area contributed by atoms with E-state index in [9.17, 15) is 9.59 Å². The number of amides is 3. The lowest BCUT2D eigenvalue weighted by atomic mass is 10.1. The van der Waals surface area contributed by atoms with Crippen LogP contribution in [0.5, 0.6) is 5.75 Å². The molecule has 1 aromatic heterocycles. The number of ether oxygens (including phenoxy) is 1. The monoisotopic (exact) mass is 368 g/mol. The first-order valence-electron chi connectivity index (χ1n) is 8.94. The summed E-state index contributed by atoms with van der Waals surface area (Å²) in [5.74, 6) is 0.656. The molecule has 7 heteroatoms. The standard InChI is InChI=1S/C20H24N4O3/c1-15(16-6-8-18(27-2)9-7-16)24(13-17-5-3-4-10-21-17)19(25)14-23-12-11-22-20(23)26/h3-10,15H,11-14H2,1-2H3,(H,22,26). The maximum Gasteiger partial charge on any atom is 0.317 e. The Hall–Kier alpha value is -3.09. The van der Waals surface area contributed by atoms with Gasteiger partial charge in [0.25, 0.3) is 0 Å². The minimum atomic E-state index is -0.196. The number of hydrogen-bond donors (Lipinski definition) is 1. The molecule has 0 spiro atoms. The number of hydrogen-bond acceptors (Lipinski definition) is 4. The zero-order valence-electron chi connectivity index (χ0n) is 15.6. The lowest BCUT2D eigenvalue weighted by molar-refractivity contribution is -0.134. The molecule has 0 radical (unpaired) electrons. The molecule has 2 heterocycles. The summed E-state index contributed by atoms with van der Waals surface area (Å²) in [4.78, 5) is 32.5. The lowest BCUT2D eigenvalue weighted by Gasteiger charge is -2.31. The summed E-state index contributed by atoms with van der Waals surface area (Å²) in [5.41, 5.74) is 1.79. The van der Waals surface area contributed by atoms with Gasteiger partial charge in [0, 0.05) is 19.3 Å². The van der Waals surface area contributed by atoms with Gasteiger partial charge in [-0.2, -0.15) is 0 Å². The van der Waals surface area contributed by atoms with Gasteiger partial charge in [0.05, 0.1) is 25.4 Å². The third kappa shape index (κ3) is 4.55. The van der Waals surface area contributed by atoms with E-state index in [2.05, 4.69) is 10.3 Å². The number of nitrogens with one attached hydrogen (secondary N) is 1. The second kappa shape index (κ2) is 8.53. The summed E-state index contributed by atoms with van der Waals surface area (Å²) >= 11 is 0. The van der Waals surface area contributed by atoms with E-state index in [0.29, 0.717) is 19.6 Å². The molecule has 3 rings (SSSR count). The quantitative estimate of drug-likeness (QED) is 0.813. The van der Waals surface area contributed by atoms with Crippen molar-refractivity contribution in [2.24, 2.45) is 0 Å². The molecule has 3 amide bonds. The number of rotatable bonds is 7. The van der Waals surface area contributed by atoms with E-state index in [1.807, 2.05) is 49.4 Å². The smallest absolute Gasteiger partial charge is 0.317 e. The molecule has 142 valence electrons. The molecule has 27 heavy (non-hydrogen) atoms. The molecular weight excluding hydrogens is 344 g/mol. The summed E-state index contributed by atoms with van der Waals surface area (Å²) in [6.07, 6.45) is 1.71. The highest BCUT2D eigenvalue weighted by Crippen LogP contribution is 2.24. The molecule has 1 N–H and O–H groups in total. The van der Waals surface area contributed by atoms with Crippen molar-refractivity contribution in [3.63, 3.8) is 0 Å². The molecule has 7 nitrogen and oxygen atoms in total. The van der Waals surface area contributed by atoms with Gasteiger partial charge >= 0.3 is 6.03 Å². The Kier molecular flexibility index (Phi) is 5.90. The Balaban J connectivity index is 1.81. The summed E-state index contributed by atoms with van der Waals surface area (Å²) in [5, 5.41) is 2.73. The average Bonchev–Trinajstić information content (AvgIpc) is 3.11. The maximum absolute atomic E-state index is 13.0. The maximum atomic E-state index is 13.0. The highest BCUT2D eigenvalue weighted by Gasteiger charge is 2.28. The number of benzene rings is 1. The van der Waals surface area contributed by atoms with E-state index >= 15 is 0 Å². The van der Waals surface area contributed by atoms with Crippen LogP contribution in [0, 0.1) is 0 Å². The van der Waals surface area contributed by atoms with Crippen LogP contribution in [0.2, 0.25) is 0 Å². The van der Waals surface area contributed by atoms with Gasteiger partial charge in [-0.15, -0.1) is 0 Å². The summed E-state index contributed by atoms with van der Waals surface area (Å²) in [6, 6.07) is 12.9. The van der Waals surface area contributed by atoms with E-state index in [1.54, 1.807) is 18.2 Å². The first-order chi connectivity index (χ1) is 13.1. The second-order valence-corrected chi connectivity index (χ2v) is 6.45. The van der Waals surface area contributed by atoms with Crippen molar-refractivity contribution >= 4 is 11.9 Å². The number of nitrogens with zero attached hydrogens (tertiary/aromatic N) is 3. The number of urea groups is 1. The topological polar surface area (TPSA) is 74.8 Å². The molecule has 1 aliphatic rings. The third-order valence-corrected chi connectivity index (χ3v) is 4.72. The van der Waals surface area contributed by atoms with Gasteiger partial charge < -0.3 is 19.9 Å². The predicted octanol–water partition coefficient (Wildman–Crippen LogP) is 2.21. The Labute approximate surface area is 158 Å². The van der Waals surface area contributed by atoms with Crippen molar-refractivity contribution in [2.45, 2.75) is 19.5 Å². The molecule has 1 saturated heterocycles. The normalized spacial score (nSPS) is 14.6. The SMILES string of the molecule is COc1ccc(C(C)N(Cc2ccccn2)C(=O)CN2CCNC2=O)cc1. The minimum absolute atomic E-state index is 0.0547. The zero-order chi connectivity index (χ0) is 19.2. The van der Waals surface area contributed by atoms with Gasteiger partial charge in [-0.25, -0.2) is 4.79 Å².